The van der Waals surface area contributed by atoms with Gasteiger partial charge in [-0.25, -0.2) is 0 Å². The van der Waals surface area contributed by atoms with Crippen LogP contribution >= 0.6 is 0 Å². The number of halogens is 3. The quantitative estimate of drug-likeness (QED) is 0.502. The number of non-ortho nitro benzene ring substituents is 1. The summed E-state index contributed by atoms with van der Waals surface area (Å²) < 4.78 is 41.5. The van der Waals surface area contributed by atoms with Crippen LogP contribution in [0.4, 0.5) is 30.2 Å². The Morgan fingerprint density at radius 2 is 1.83 bits per heavy atom. The predicted octanol–water partition coefficient (Wildman–Crippen LogP) is 3.56. The fraction of sp³-hybridized carbons (Fsp3) is 0.0833. The Balaban J connectivity index is 2.18. The van der Waals surface area contributed by atoms with Crippen LogP contribution in [0.1, 0.15) is 11.5 Å². The van der Waals surface area contributed by atoms with E-state index in [0.29, 0.717) is 6.07 Å². The number of rotatable bonds is 5. The van der Waals surface area contributed by atoms with Crippen molar-refractivity contribution >= 4 is 23.3 Å². The largest absolute Gasteiger partial charge is 0.450 e. The van der Waals surface area contributed by atoms with E-state index in [1.165, 1.54) is 0 Å². The molecule has 0 aliphatic heterocycles. The molecule has 2 rings (SSSR count). The summed E-state index contributed by atoms with van der Waals surface area (Å²) >= 11 is 0. The number of hydrogen-bond donors (Lipinski definition) is 1. The summed E-state index contributed by atoms with van der Waals surface area (Å²) in [7, 11) is 0. The van der Waals surface area contributed by atoms with Gasteiger partial charge >= 0.3 is 11.9 Å². The maximum absolute atomic E-state index is 12.3. The fourth-order valence-corrected chi connectivity index (χ4v) is 1.62. The van der Waals surface area contributed by atoms with Gasteiger partial charge in [0.1, 0.15) is 11.4 Å². The summed E-state index contributed by atoms with van der Waals surface area (Å²) in [5, 5.41) is 25.0. The SMILES string of the molecule is O=[N+]([O-])c1ccc(N/N=C/c2ccc(C(F)(F)F)o2)c([N+](=O)[O-])c1. The van der Waals surface area contributed by atoms with E-state index in [1.807, 2.05) is 0 Å². The maximum Gasteiger partial charge on any atom is 0.449 e. The second kappa shape index (κ2) is 6.36. The zero-order valence-corrected chi connectivity index (χ0v) is 11.5. The van der Waals surface area contributed by atoms with Crippen LogP contribution in [-0.4, -0.2) is 16.1 Å². The second-order valence-corrected chi connectivity index (χ2v) is 4.29. The van der Waals surface area contributed by atoms with E-state index in [4.69, 9.17) is 0 Å². The Labute approximate surface area is 130 Å². The van der Waals surface area contributed by atoms with Crippen LogP contribution in [-0.2, 0) is 6.18 Å². The van der Waals surface area contributed by atoms with Gasteiger partial charge in [-0.2, -0.15) is 18.3 Å². The van der Waals surface area contributed by atoms with Crippen molar-refractivity contribution in [2.45, 2.75) is 6.18 Å². The summed E-state index contributed by atoms with van der Waals surface area (Å²) in [6.07, 6.45) is -3.77. The minimum absolute atomic E-state index is 0.176. The van der Waals surface area contributed by atoms with Gasteiger partial charge in [-0.05, 0) is 18.2 Å². The number of anilines is 1. The van der Waals surface area contributed by atoms with E-state index in [0.717, 1.165) is 30.5 Å². The van der Waals surface area contributed by atoms with Crippen molar-refractivity contribution in [3.05, 3.63) is 62.1 Å². The van der Waals surface area contributed by atoms with E-state index >= 15 is 0 Å². The molecule has 0 aliphatic rings. The van der Waals surface area contributed by atoms with Gasteiger partial charge in [0.25, 0.3) is 5.69 Å². The number of benzene rings is 1. The Morgan fingerprint density at radius 3 is 2.38 bits per heavy atom. The van der Waals surface area contributed by atoms with Crippen LogP contribution in [0.25, 0.3) is 0 Å². The number of hydrazone groups is 1. The van der Waals surface area contributed by atoms with Crippen LogP contribution in [0.15, 0.2) is 39.9 Å². The van der Waals surface area contributed by atoms with E-state index in [-0.39, 0.29) is 11.4 Å². The molecule has 0 saturated heterocycles. The molecular formula is C12H7F3N4O5. The van der Waals surface area contributed by atoms with E-state index in [2.05, 4.69) is 14.9 Å². The second-order valence-electron chi connectivity index (χ2n) is 4.29. The smallest absolute Gasteiger partial charge is 0.449 e. The standard InChI is InChI=1S/C12H7F3N4O5/c13-12(14,15)11-4-2-8(24-11)6-16-17-9-3-1-7(18(20)21)5-10(9)19(22)23/h1-6,17H/b16-6+. The molecule has 1 N–H and O–H groups in total. The lowest BCUT2D eigenvalue weighted by Crippen LogP contribution is -2.02. The molecule has 12 heteroatoms. The molecule has 126 valence electrons. The predicted molar refractivity (Wildman–Crippen MR) is 74.7 cm³/mol. The summed E-state index contributed by atoms with van der Waals surface area (Å²) in [5.74, 6) is -1.45. The monoisotopic (exact) mass is 344 g/mol. The van der Waals surface area contributed by atoms with Crippen molar-refractivity contribution in [1.82, 2.24) is 0 Å². The third-order valence-corrected chi connectivity index (χ3v) is 2.67. The number of nitrogens with zero attached hydrogens (tertiary/aromatic N) is 3. The van der Waals surface area contributed by atoms with E-state index in [1.54, 1.807) is 0 Å². The molecule has 0 fully saturated rings. The third kappa shape index (κ3) is 3.85. The zero-order valence-electron chi connectivity index (χ0n) is 11.5. The minimum Gasteiger partial charge on any atom is -0.450 e. The summed E-state index contributed by atoms with van der Waals surface area (Å²) in [4.78, 5) is 19.8. The molecule has 0 atom stereocenters. The first-order valence-electron chi connectivity index (χ1n) is 6.07. The van der Waals surface area contributed by atoms with Crippen molar-refractivity contribution in [2.75, 3.05) is 5.43 Å². The molecular weight excluding hydrogens is 337 g/mol. The molecule has 0 saturated carbocycles. The Hall–Kier alpha value is -3.44. The molecule has 1 heterocycles. The van der Waals surface area contributed by atoms with Gasteiger partial charge in [-0.1, -0.05) is 0 Å². The molecule has 24 heavy (non-hydrogen) atoms. The average Bonchev–Trinajstić information content (AvgIpc) is 2.96. The van der Waals surface area contributed by atoms with Crippen molar-refractivity contribution in [3.63, 3.8) is 0 Å². The van der Waals surface area contributed by atoms with Gasteiger partial charge in [0, 0.05) is 6.07 Å². The molecule has 9 nitrogen and oxygen atoms in total. The third-order valence-electron chi connectivity index (χ3n) is 2.67. The Kier molecular flexibility index (Phi) is 4.48. The summed E-state index contributed by atoms with van der Waals surface area (Å²) in [5.41, 5.74) is 0.942. The number of alkyl halides is 3. The number of hydrogen-bond acceptors (Lipinski definition) is 7. The summed E-state index contributed by atoms with van der Waals surface area (Å²) in [6, 6.07) is 4.51. The highest BCUT2D eigenvalue weighted by Gasteiger charge is 2.34. The topological polar surface area (TPSA) is 124 Å². The number of nitro benzene ring substituents is 2. The number of furan rings is 1. The lowest BCUT2D eigenvalue weighted by atomic mass is 10.2. The highest BCUT2D eigenvalue weighted by molar-refractivity contribution is 5.77. The Morgan fingerprint density at radius 1 is 1.12 bits per heavy atom. The number of nitro groups is 2. The molecule has 0 unspecified atom stereocenters. The molecule has 1 aromatic heterocycles. The normalized spacial score (nSPS) is 11.6. The lowest BCUT2D eigenvalue weighted by molar-refractivity contribution is -0.393. The van der Waals surface area contributed by atoms with Crippen LogP contribution in [0, 0.1) is 20.2 Å². The van der Waals surface area contributed by atoms with E-state index in [9.17, 15) is 33.4 Å². The van der Waals surface area contributed by atoms with Gasteiger partial charge < -0.3 is 4.42 Å². The molecule has 0 radical (unpaired) electrons. The molecule has 2 aromatic rings. The molecule has 0 bridgehead atoms. The van der Waals surface area contributed by atoms with Gasteiger partial charge in [0.2, 0.25) is 5.76 Å². The van der Waals surface area contributed by atoms with Crippen molar-refractivity contribution < 1.29 is 27.4 Å². The summed E-state index contributed by atoms with van der Waals surface area (Å²) in [6.45, 7) is 0. The first kappa shape index (κ1) is 16.9. The number of nitrogens with one attached hydrogen (secondary N) is 1. The molecule has 0 aliphatic carbocycles. The van der Waals surface area contributed by atoms with Crippen LogP contribution < -0.4 is 5.43 Å². The van der Waals surface area contributed by atoms with Crippen LogP contribution in [0.5, 0.6) is 0 Å². The van der Waals surface area contributed by atoms with Gasteiger partial charge in [0.05, 0.1) is 22.1 Å². The van der Waals surface area contributed by atoms with Crippen LogP contribution in [0.3, 0.4) is 0 Å². The van der Waals surface area contributed by atoms with E-state index < -0.39 is 33.2 Å². The molecule has 1 aromatic carbocycles. The minimum atomic E-state index is -4.64. The Bertz CT molecular complexity index is 815. The highest BCUT2D eigenvalue weighted by atomic mass is 19.4. The first-order chi connectivity index (χ1) is 11.2. The fourth-order valence-electron chi connectivity index (χ4n) is 1.62. The van der Waals surface area contributed by atoms with Gasteiger partial charge in [-0.15, -0.1) is 0 Å². The van der Waals surface area contributed by atoms with Crippen molar-refractivity contribution in [1.29, 1.82) is 0 Å². The van der Waals surface area contributed by atoms with Crippen LogP contribution in [0.2, 0.25) is 0 Å². The average molecular weight is 344 g/mol. The molecule has 0 amide bonds. The maximum atomic E-state index is 12.3. The van der Waals surface area contributed by atoms with Crippen molar-refractivity contribution in [3.8, 4) is 0 Å². The van der Waals surface area contributed by atoms with Gasteiger partial charge in [-0.3, -0.25) is 25.7 Å². The molecule has 0 spiro atoms. The van der Waals surface area contributed by atoms with Crippen molar-refractivity contribution in [2.24, 2.45) is 5.10 Å². The zero-order chi connectivity index (χ0) is 17.9. The first-order valence-corrected chi connectivity index (χ1v) is 6.07. The van der Waals surface area contributed by atoms with Gasteiger partial charge in [0.15, 0.2) is 0 Å². The lowest BCUT2D eigenvalue weighted by Gasteiger charge is -2.01. The highest BCUT2D eigenvalue weighted by Crippen LogP contribution is 2.31.